The van der Waals surface area contributed by atoms with Crippen LogP contribution >= 0.6 is 11.9 Å². The molecule has 2 N–H and O–H groups in total. The Hall–Kier alpha value is -1.94. The van der Waals surface area contributed by atoms with Crippen LogP contribution in [0.15, 0.2) is 59.5 Å². The van der Waals surface area contributed by atoms with Gasteiger partial charge in [0.15, 0.2) is 0 Å². The molecule has 0 aliphatic heterocycles. The number of aromatic hydroxyl groups is 1. The van der Waals surface area contributed by atoms with Gasteiger partial charge in [-0.15, -0.1) is 0 Å². The molecule has 2 rings (SSSR count). The minimum Gasteiger partial charge on any atom is -0.508 e. The third-order valence-corrected chi connectivity index (χ3v) is 3.84. The van der Waals surface area contributed by atoms with Crippen molar-refractivity contribution in [2.45, 2.75) is 24.2 Å². The molecule has 0 heterocycles. The SMILES string of the molecule is CCC(C(=O)NSc1ccc(O)cc1)c1ccccc1. The fourth-order valence-electron chi connectivity index (χ4n) is 1.95. The summed E-state index contributed by atoms with van der Waals surface area (Å²) in [5.74, 6) is 0.0778. The second kappa shape index (κ2) is 7.01. The molecule has 1 atom stereocenters. The third-order valence-electron chi connectivity index (χ3n) is 3.03. The van der Waals surface area contributed by atoms with E-state index in [1.54, 1.807) is 24.3 Å². The summed E-state index contributed by atoms with van der Waals surface area (Å²) in [4.78, 5) is 13.1. The van der Waals surface area contributed by atoms with Crippen molar-refractivity contribution in [3.05, 3.63) is 60.2 Å². The van der Waals surface area contributed by atoms with E-state index in [2.05, 4.69) is 4.72 Å². The smallest absolute Gasteiger partial charge is 0.237 e. The van der Waals surface area contributed by atoms with Crippen LogP contribution in [-0.4, -0.2) is 11.0 Å². The highest BCUT2D eigenvalue weighted by Crippen LogP contribution is 2.23. The summed E-state index contributed by atoms with van der Waals surface area (Å²) in [6.07, 6.45) is 0.756. The highest BCUT2D eigenvalue weighted by Gasteiger charge is 2.18. The predicted octanol–water partition coefficient (Wildman–Crippen LogP) is 3.71. The molecule has 104 valence electrons. The van der Waals surface area contributed by atoms with Gasteiger partial charge >= 0.3 is 0 Å². The van der Waals surface area contributed by atoms with Crippen molar-refractivity contribution >= 4 is 17.9 Å². The van der Waals surface area contributed by atoms with Crippen LogP contribution in [-0.2, 0) is 4.79 Å². The number of hydrogen-bond acceptors (Lipinski definition) is 3. The average molecular weight is 287 g/mol. The van der Waals surface area contributed by atoms with Crippen LogP contribution in [0.1, 0.15) is 24.8 Å². The van der Waals surface area contributed by atoms with Crippen molar-refractivity contribution in [2.75, 3.05) is 0 Å². The van der Waals surface area contributed by atoms with Gasteiger partial charge < -0.3 is 5.11 Å². The van der Waals surface area contributed by atoms with Gasteiger partial charge in [0, 0.05) is 4.90 Å². The number of carbonyl (C=O) groups is 1. The third kappa shape index (κ3) is 3.78. The second-order valence-corrected chi connectivity index (χ2v) is 5.31. The Balaban J connectivity index is 1.98. The molecule has 2 aromatic carbocycles. The largest absolute Gasteiger partial charge is 0.508 e. The molecule has 0 radical (unpaired) electrons. The van der Waals surface area contributed by atoms with Crippen molar-refractivity contribution < 1.29 is 9.90 Å². The molecule has 0 aliphatic rings. The second-order valence-electron chi connectivity index (χ2n) is 4.43. The van der Waals surface area contributed by atoms with E-state index in [9.17, 15) is 9.90 Å². The van der Waals surface area contributed by atoms with Crippen LogP contribution in [0.3, 0.4) is 0 Å². The Kier molecular flexibility index (Phi) is 5.07. The van der Waals surface area contributed by atoms with Crippen LogP contribution < -0.4 is 4.72 Å². The quantitative estimate of drug-likeness (QED) is 0.824. The lowest BCUT2D eigenvalue weighted by Gasteiger charge is -2.14. The zero-order chi connectivity index (χ0) is 14.4. The van der Waals surface area contributed by atoms with Gasteiger partial charge in [0.2, 0.25) is 5.91 Å². The molecule has 0 aliphatic carbocycles. The number of rotatable bonds is 5. The highest BCUT2D eigenvalue weighted by atomic mass is 32.2. The molecule has 2 aromatic rings. The Morgan fingerprint density at radius 1 is 1.15 bits per heavy atom. The molecule has 0 saturated heterocycles. The average Bonchev–Trinajstić information content (AvgIpc) is 2.48. The molecule has 0 spiro atoms. The van der Waals surface area contributed by atoms with Gasteiger partial charge in [-0.3, -0.25) is 9.52 Å². The fourth-order valence-corrected chi connectivity index (χ4v) is 2.59. The van der Waals surface area contributed by atoms with Gasteiger partial charge in [0.1, 0.15) is 5.75 Å². The fraction of sp³-hybridized carbons (Fsp3) is 0.188. The van der Waals surface area contributed by atoms with Crippen molar-refractivity contribution in [3.63, 3.8) is 0 Å². The molecule has 0 bridgehead atoms. The first-order chi connectivity index (χ1) is 9.70. The lowest BCUT2D eigenvalue weighted by molar-refractivity contribution is -0.120. The minimum atomic E-state index is -0.138. The molecular formula is C16H17NO2S. The van der Waals surface area contributed by atoms with Crippen LogP contribution in [0.2, 0.25) is 0 Å². The van der Waals surface area contributed by atoms with Gasteiger partial charge in [-0.25, -0.2) is 0 Å². The minimum absolute atomic E-state index is 0.00299. The van der Waals surface area contributed by atoms with E-state index in [0.29, 0.717) is 0 Å². The number of nitrogens with one attached hydrogen (secondary N) is 1. The number of carbonyl (C=O) groups excluding carboxylic acids is 1. The first-order valence-electron chi connectivity index (χ1n) is 6.51. The summed E-state index contributed by atoms with van der Waals surface area (Å²) in [6.45, 7) is 2.00. The zero-order valence-corrected chi connectivity index (χ0v) is 12.1. The van der Waals surface area contributed by atoms with Crippen molar-refractivity contribution in [1.82, 2.24) is 4.72 Å². The number of benzene rings is 2. The first-order valence-corrected chi connectivity index (χ1v) is 7.33. The number of phenols is 1. The maximum atomic E-state index is 12.2. The topological polar surface area (TPSA) is 49.3 Å². The summed E-state index contributed by atoms with van der Waals surface area (Å²) < 4.78 is 2.86. The van der Waals surface area contributed by atoms with E-state index < -0.39 is 0 Å². The van der Waals surface area contributed by atoms with E-state index in [1.807, 2.05) is 37.3 Å². The zero-order valence-electron chi connectivity index (χ0n) is 11.2. The van der Waals surface area contributed by atoms with E-state index in [0.717, 1.165) is 16.9 Å². The van der Waals surface area contributed by atoms with E-state index in [4.69, 9.17) is 0 Å². The normalized spacial score (nSPS) is 11.8. The van der Waals surface area contributed by atoms with Crippen molar-refractivity contribution in [2.24, 2.45) is 0 Å². The van der Waals surface area contributed by atoms with Gasteiger partial charge in [-0.2, -0.15) is 0 Å². The van der Waals surface area contributed by atoms with E-state index >= 15 is 0 Å². The molecule has 0 aromatic heterocycles. The lowest BCUT2D eigenvalue weighted by Crippen LogP contribution is -2.23. The maximum Gasteiger partial charge on any atom is 0.237 e. The maximum absolute atomic E-state index is 12.2. The molecule has 1 amide bonds. The predicted molar refractivity (Wildman–Crippen MR) is 81.6 cm³/mol. The molecule has 20 heavy (non-hydrogen) atoms. The van der Waals surface area contributed by atoms with Gasteiger partial charge in [0.25, 0.3) is 0 Å². The number of hydrogen-bond donors (Lipinski definition) is 2. The van der Waals surface area contributed by atoms with Gasteiger partial charge in [0.05, 0.1) is 5.92 Å². The monoisotopic (exact) mass is 287 g/mol. The van der Waals surface area contributed by atoms with Crippen molar-refractivity contribution in [3.8, 4) is 5.75 Å². The van der Waals surface area contributed by atoms with Crippen molar-refractivity contribution in [1.29, 1.82) is 0 Å². The summed E-state index contributed by atoms with van der Waals surface area (Å²) in [5.41, 5.74) is 1.03. The Bertz CT molecular complexity index is 554. The summed E-state index contributed by atoms with van der Waals surface area (Å²) in [7, 11) is 0. The molecule has 3 nitrogen and oxygen atoms in total. The molecule has 4 heteroatoms. The van der Waals surface area contributed by atoms with Gasteiger partial charge in [-0.1, -0.05) is 37.3 Å². The van der Waals surface area contributed by atoms with Crippen LogP contribution in [0, 0.1) is 0 Å². The molecule has 0 saturated carbocycles. The highest BCUT2D eigenvalue weighted by molar-refractivity contribution is 7.98. The van der Waals surface area contributed by atoms with E-state index in [-0.39, 0.29) is 17.6 Å². The lowest BCUT2D eigenvalue weighted by atomic mass is 9.96. The first kappa shape index (κ1) is 14.5. The van der Waals surface area contributed by atoms with Crippen LogP contribution in [0.5, 0.6) is 5.75 Å². The summed E-state index contributed by atoms with van der Waals surface area (Å²) in [6, 6.07) is 16.5. The standard InChI is InChI=1S/C16H17NO2S/c1-2-15(12-6-4-3-5-7-12)16(19)17-20-14-10-8-13(18)9-11-14/h3-11,15,18H,2H2,1H3,(H,17,19). The van der Waals surface area contributed by atoms with Crippen LogP contribution in [0.4, 0.5) is 0 Å². The number of phenolic OH excluding ortho intramolecular Hbond substituents is 1. The Morgan fingerprint density at radius 2 is 1.80 bits per heavy atom. The van der Waals surface area contributed by atoms with Crippen LogP contribution in [0.25, 0.3) is 0 Å². The van der Waals surface area contributed by atoms with E-state index in [1.165, 1.54) is 11.9 Å². The Morgan fingerprint density at radius 3 is 2.40 bits per heavy atom. The summed E-state index contributed by atoms with van der Waals surface area (Å²) in [5, 5.41) is 9.21. The molecular weight excluding hydrogens is 270 g/mol. The number of amides is 1. The summed E-state index contributed by atoms with van der Waals surface area (Å²) >= 11 is 1.26. The molecule has 0 fully saturated rings. The Labute approximate surface area is 123 Å². The molecule has 1 unspecified atom stereocenters. The van der Waals surface area contributed by atoms with Gasteiger partial charge in [-0.05, 0) is 48.2 Å².